The average molecular weight is 310 g/mol. The van der Waals surface area contributed by atoms with Crippen molar-refractivity contribution in [2.45, 2.75) is 13.3 Å². The van der Waals surface area contributed by atoms with Crippen molar-refractivity contribution in [2.24, 2.45) is 0 Å². The van der Waals surface area contributed by atoms with Gasteiger partial charge >= 0.3 is 0 Å². The number of aryl methyl sites for hydroxylation is 1. The van der Waals surface area contributed by atoms with Crippen molar-refractivity contribution >= 4 is 5.69 Å². The van der Waals surface area contributed by atoms with Gasteiger partial charge in [0.15, 0.2) is 0 Å². The second-order valence-corrected chi connectivity index (χ2v) is 6.27. The molecule has 0 N–H and O–H groups in total. The molecule has 1 fully saturated rings. The molecule has 1 aliphatic heterocycles. The number of hydrogen-bond acceptors (Lipinski definition) is 3. The molecule has 2 aromatic rings. The Morgan fingerprint density at radius 3 is 2.35 bits per heavy atom. The zero-order valence-corrected chi connectivity index (χ0v) is 14.2. The van der Waals surface area contributed by atoms with Gasteiger partial charge in [-0.25, -0.2) is 0 Å². The van der Waals surface area contributed by atoms with Crippen molar-refractivity contribution in [3.63, 3.8) is 0 Å². The Morgan fingerprint density at radius 2 is 1.70 bits per heavy atom. The molecule has 0 amide bonds. The number of ether oxygens (including phenoxy) is 1. The van der Waals surface area contributed by atoms with Crippen LogP contribution in [0.4, 0.5) is 5.69 Å². The number of nitrogens with zero attached hydrogens (tertiary/aromatic N) is 2. The first-order chi connectivity index (χ1) is 11.2. The molecular weight excluding hydrogens is 284 g/mol. The third-order valence-corrected chi connectivity index (χ3v) is 4.61. The lowest BCUT2D eigenvalue weighted by Crippen LogP contribution is -2.47. The van der Waals surface area contributed by atoms with E-state index in [1.807, 2.05) is 12.1 Å². The Morgan fingerprint density at radius 1 is 0.957 bits per heavy atom. The van der Waals surface area contributed by atoms with Gasteiger partial charge < -0.3 is 9.64 Å². The molecule has 1 aliphatic rings. The van der Waals surface area contributed by atoms with E-state index >= 15 is 0 Å². The van der Waals surface area contributed by atoms with E-state index in [0.29, 0.717) is 0 Å². The van der Waals surface area contributed by atoms with E-state index < -0.39 is 0 Å². The van der Waals surface area contributed by atoms with E-state index in [1.165, 1.54) is 16.8 Å². The third-order valence-electron chi connectivity index (χ3n) is 4.61. The summed E-state index contributed by atoms with van der Waals surface area (Å²) in [6, 6.07) is 17.3. The Hall–Kier alpha value is -2.00. The largest absolute Gasteiger partial charge is 0.497 e. The summed E-state index contributed by atoms with van der Waals surface area (Å²) in [5.41, 5.74) is 4.08. The van der Waals surface area contributed by atoms with Gasteiger partial charge in [-0.3, -0.25) is 4.90 Å². The quantitative estimate of drug-likeness (QED) is 0.842. The van der Waals surface area contributed by atoms with Crippen LogP contribution in [-0.2, 0) is 6.42 Å². The second kappa shape index (κ2) is 7.51. The average Bonchev–Trinajstić information content (AvgIpc) is 2.61. The van der Waals surface area contributed by atoms with Crippen LogP contribution < -0.4 is 9.64 Å². The number of hydrogen-bond donors (Lipinski definition) is 0. The van der Waals surface area contributed by atoms with Gasteiger partial charge in [-0.05, 0) is 48.7 Å². The van der Waals surface area contributed by atoms with E-state index in [9.17, 15) is 0 Å². The number of methoxy groups -OCH3 is 1. The lowest BCUT2D eigenvalue weighted by Gasteiger charge is -2.36. The number of benzene rings is 2. The smallest absolute Gasteiger partial charge is 0.118 e. The summed E-state index contributed by atoms with van der Waals surface area (Å²) in [6.45, 7) is 7.81. The Labute approximate surface area is 139 Å². The molecule has 3 heteroatoms. The van der Waals surface area contributed by atoms with Crippen molar-refractivity contribution in [2.75, 3.05) is 44.7 Å². The van der Waals surface area contributed by atoms with Crippen molar-refractivity contribution in [3.8, 4) is 5.75 Å². The molecule has 1 saturated heterocycles. The highest BCUT2D eigenvalue weighted by atomic mass is 16.5. The van der Waals surface area contributed by atoms with Crippen molar-refractivity contribution in [1.29, 1.82) is 0 Å². The second-order valence-electron chi connectivity index (χ2n) is 6.27. The highest BCUT2D eigenvalue weighted by molar-refractivity contribution is 5.48. The van der Waals surface area contributed by atoms with Crippen molar-refractivity contribution < 1.29 is 4.74 Å². The molecule has 0 bridgehead atoms. The Kier molecular flexibility index (Phi) is 5.19. The molecule has 0 radical (unpaired) electrons. The van der Waals surface area contributed by atoms with Crippen molar-refractivity contribution in [1.82, 2.24) is 4.90 Å². The van der Waals surface area contributed by atoms with E-state index in [1.54, 1.807) is 7.11 Å². The van der Waals surface area contributed by atoms with E-state index in [0.717, 1.165) is 44.9 Å². The van der Waals surface area contributed by atoms with Gasteiger partial charge in [0.2, 0.25) is 0 Å². The van der Waals surface area contributed by atoms with Crippen LogP contribution in [0.3, 0.4) is 0 Å². The monoisotopic (exact) mass is 310 g/mol. The highest BCUT2D eigenvalue weighted by Crippen LogP contribution is 2.18. The van der Waals surface area contributed by atoms with Gasteiger partial charge in [0.05, 0.1) is 7.11 Å². The molecule has 1 heterocycles. The zero-order chi connectivity index (χ0) is 16.1. The summed E-state index contributed by atoms with van der Waals surface area (Å²) in [5.74, 6) is 0.931. The zero-order valence-electron chi connectivity index (χ0n) is 14.2. The molecular formula is C20H26N2O. The van der Waals surface area contributed by atoms with Crippen LogP contribution in [0.2, 0.25) is 0 Å². The van der Waals surface area contributed by atoms with Crippen LogP contribution in [0.15, 0.2) is 48.5 Å². The van der Waals surface area contributed by atoms with E-state index in [-0.39, 0.29) is 0 Å². The fraction of sp³-hybridized carbons (Fsp3) is 0.400. The summed E-state index contributed by atoms with van der Waals surface area (Å²) in [6.07, 6.45) is 1.11. The first kappa shape index (κ1) is 15.9. The van der Waals surface area contributed by atoms with Crippen LogP contribution in [0.1, 0.15) is 11.1 Å². The minimum Gasteiger partial charge on any atom is -0.497 e. The summed E-state index contributed by atoms with van der Waals surface area (Å²) in [4.78, 5) is 5.06. The summed E-state index contributed by atoms with van der Waals surface area (Å²) in [7, 11) is 1.71. The fourth-order valence-electron chi connectivity index (χ4n) is 3.13. The van der Waals surface area contributed by atoms with Crippen molar-refractivity contribution in [3.05, 3.63) is 59.7 Å². The maximum atomic E-state index is 5.21. The van der Waals surface area contributed by atoms with Crippen LogP contribution in [-0.4, -0.2) is 44.7 Å². The molecule has 0 atom stereocenters. The molecule has 122 valence electrons. The normalized spacial score (nSPS) is 15.7. The van der Waals surface area contributed by atoms with Gasteiger partial charge in [-0.1, -0.05) is 24.3 Å². The topological polar surface area (TPSA) is 15.7 Å². The minimum absolute atomic E-state index is 0.931. The van der Waals surface area contributed by atoms with Crippen LogP contribution in [0, 0.1) is 6.92 Å². The van der Waals surface area contributed by atoms with Crippen LogP contribution >= 0.6 is 0 Å². The standard InChI is InChI=1S/C20H26N2O/c1-17-4-3-5-19(16-17)22-14-12-21(13-15-22)11-10-18-6-8-20(23-2)9-7-18/h3-9,16H,10-15H2,1-2H3. The molecule has 0 aliphatic carbocycles. The van der Waals surface area contributed by atoms with Gasteiger partial charge in [-0.2, -0.15) is 0 Å². The van der Waals surface area contributed by atoms with E-state index in [2.05, 4.69) is 53.1 Å². The Balaban J connectivity index is 1.47. The number of anilines is 1. The summed E-state index contributed by atoms with van der Waals surface area (Å²) in [5, 5.41) is 0. The fourth-order valence-corrected chi connectivity index (χ4v) is 3.13. The van der Waals surface area contributed by atoms with Crippen LogP contribution in [0.25, 0.3) is 0 Å². The summed E-state index contributed by atoms with van der Waals surface area (Å²) < 4.78 is 5.21. The molecule has 0 saturated carbocycles. The molecule has 0 unspecified atom stereocenters. The highest BCUT2D eigenvalue weighted by Gasteiger charge is 2.16. The molecule has 23 heavy (non-hydrogen) atoms. The molecule has 0 aromatic heterocycles. The molecule has 0 spiro atoms. The minimum atomic E-state index is 0.931. The lowest BCUT2D eigenvalue weighted by molar-refractivity contribution is 0.261. The lowest BCUT2D eigenvalue weighted by atomic mass is 10.1. The number of rotatable bonds is 5. The first-order valence-electron chi connectivity index (χ1n) is 8.41. The molecule has 2 aromatic carbocycles. The summed E-state index contributed by atoms with van der Waals surface area (Å²) >= 11 is 0. The predicted molar refractivity (Wildman–Crippen MR) is 96.5 cm³/mol. The maximum Gasteiger partial charge on any atom is 0.118 e. The van der Waals surface area contributed by atoms with Gasteiger partial charge in [0, 0.05) is 38.4 Å². The van der Waals surface area contributed by atoms with Gasteiger partial charge in [0.25, 0.3) is 0 Å². The molecule has 3 rings (SSSR count). The SMILES string of the molecule is COc1ccc(CCN2CCN(c3cccc(C)c3)CC2)cc1. The molecule has 3 nitrogen and oxygen atoms in total. The predicted octanol–water partition coefficient (Wildman–Crippen LogP) is 3.37. The van der Waals surface area contributed by atoms with E-state index in [4.69, 9.17) is 4.74 Å². The maximum absolute atomic E-state index is 5.21. The number of piperazine rings is 1. The van der Waals surface area contributed by atoms with Crippen LogP contribution in [0.5, 0.6) is 5.75 Å². The first-order valence-corrected chi connectivity index (χ1v) is 8.41. The van der Waals surface area contributed by atoms with Gasteiger partial charge in [-0.15, -0.1) is 0 Å². The Bertz CT molecular complexity index is 616. The van der Waals surface area contributed by atoms with Gasteiger partial charge in [0.1, 0.15) is 5.75 Å². The third kappa shape index (κ3) is 4.26.